The molecule has 0 saturated heterocycles. The van der Waals surface area contributed by atoms with E-state index < -0.39 is 5.60 Å². The van der Waals surface area contributed by atoms with E-state index in [-0.39, 0.29) is 0 Å². The highest BCUT2D eigenvalue weighted by molar-refractivity contribution is 6.32. The van der Waals surface area contributed by atoms with Crippen molar-refractivity contribution in [2.45, 2.75) is 31.3 Å². The molecule has 2 fully saturated rings. The van der Waals surface area contributed by atoms with E-state index in [0.29, 0.717) is 22.6 Å². The number of ether oxygens (including phenoxy) is 1. The van der Waals surface area contributed by atoms with Gasteiger partial charge in [-0.1, -0.05) is 17.7 Å². The Bertz CT molecular complexity index is 424. The molecule has 1 aromatic rings. The summed E-state index contributed by atoms with van der Waals surface area (Å²) < 4.78 is 5.24. The van der Waals surface area contributed by atoms with Crippen molar-refractivity contribution in [1.82, 2.24) is 0 Å². The molecule has 1 N–H and O–H groups in total. The molecular weight excluding hydrogens is 236 g/mol. The zero-order chi connectivity index (χ0) is 12.0. The Morgan fingerprint density at radius 2 is 1.82 bits per heavy atom. The largest absolute Gasteiger partial charge is 0.495 e. The summed E-state index contributed by atoms with van der Waals surface area (Å²) in [6, 6.07) is 5.67. The first-order chi connectivity index (χ1) is 8.16. The molecule has 0 aromatic heterocycles. The molecule has 0 bridgehead atoms. The van der Waals surface area contributed by atoms with E-state index in [4.69, 9.17) is 16.3 Å². The van der Waals surface area contributed by atoms with Gasteiger partial charge in [0.15, 0.2) is 0 Å². The summed E-state index contributed by atoms with van der Waals surface area (Å²) in [5.41, 5.74) is 0.335. The van der Waals surface area contributed by atoms with Gasteiger partial charge >= 0.3 is 0 Å². The molecular formula is C14H17ClO2. The molecule has 0 unspecified atom stereocenters. The lowest BCUT2D eigenvalue weighted by Crippen LogP contribution is -2.31. The lowest BCUT2D eigenvalue weighted by molar-refractivity contribution is -0.0104. The van der Waals surface area contributed by atoms with Crippen LogP contribution in [0.2, 0.25) is 5.02 Å². The number of methoxy groups -OCH3 is 1. The highest BCUT2D eigenvalue weighted by Gasteiger charge is 2.54. The minimum atomic E-state index is -0.641. The van der Waals surface area contributed by atoms with Gasteiger partial charge in [0, 0.05) is 0 Å². The van der Waals surface area contributed by atoms with Crippen LogP contribution >= 0.6 is 11.6 Å². The van der Waals surface area contributed by atoms with E-state index in [0.717, 1.165) is 31.2 Å². The van der Waals surface area contributed by atoms with Crippen LogP contribution in [-0.2, 0) is 5.60 Å². The van der Waals surface area contributed by atoms with Gasteiger partial charge in [-0.3, -0.25) is 0 Å². The normalized spacial score (nSPS) is 20.4. The maximum atomic E-state index is 11.0. The first kappa shape index (κ1) is 11.4. The van der Waals surface area contributed by atoms with Crippen molar-refractivity contribution in [3.05, 3.63) is 28.8 Å². The third kappa shape index (κ3) is 1.84. The molecule has 0 radical (unpaired) electrons. The standard InChI is InChI=1S/C14H17ClO2/c1-17-13-8-11(6-7-12(13)15)14(16,9-2-3-9)10-4-5-10/h6-10,16H,2-5H2,1H3. The zero-order valence-corrected chi connectivity index (χ0v) is 10.7. The molecule has 17 heavy (non-hydrogen) atoms. The number of aliphatic hydroxyl groups is 1. The second-order valence-electron chi connectivity index (χ2n) is 5.22. The minimum absolute atomic E-state index is 0.431. The summed E-state index contributed by atoms with van der Waals surface area (Å²) >= 11 is 6.03. The van der Waals surface area contributed by atoms with Gasteiger partial charge in [0.1, 0.15) is 5.75 Å². The van der Waals surface area contributed by atoms with Crippen LogP contribution in [0, 0.1) is 11.8 Å². The van der Waals surface area contributed by atoms with Crippen molar-refractivity contribution < 1.29 is 9.84 Å². The van der Waals surface area contributed by atoms with Crippen LogP contribution in [-0.4, -0.2) is 12.2 Å². The van der Waals surface area contributed by atoms with E-state index in [1.165, 1.54) is 0 Å². The van der Waals surface area contributed by atoms with Gasteiger partial charge in [-0.2, -0.15) is 0 Å². The van der Waals surface area contributed by atoms with Crippen molar-refractivity contribution in [2.24, 2.45) is 11.8 Å². The molecule has 2 nitrogen and oxygen atoms in total. The molecule has 2 aliphatic carbocycles. The maximum absolute atomic E-state index is 11.0. The fourth-order valence-electron chi connectivity index (χ4n) is 2.76. The van der Waals surface area contributed by atoms with Gasteiger partial charge in [0.05, 0.1) is 17.7 Å². The van der Waals surface area contributed by atoms with Crippen LogP contribution in [0.5, 0.6) is 5.75 Å². The summed E-state index contributed by atoms with van der Waals surface area (Å²) in [6.45, 7) is 0. The van der Waals surface area contributed by atoms with Crippen LogP contribution in [0.4, 0.5) is 0 Å². The second kappa shape index (κ2) is 3.89. The quantitative estimate of drug-likeness (QED) is 0.891. The third-order valence-electron chi connectivity index (χ3n) is 4.01. The zero-order valence-electron chi connectivity index (χ0n) is 9.95. The Labute approximate surface area is 107 Å². The predicted octanol–water partition coefficient (Wildman–Crippen LogP) is 3.36. The lowest BCUT2D eigenvalue weighted by Gasteiger charge is -2.29. The van der Waals surface area contributed by atoms with Gasteiger partial charge in [0.25, 0.3) is 0 Å². The van der Waals surface area contributed by atoms with Crippen LogP contribution in [0.1, 0.15) is 31.2 Å². The van der Waals surface area contributed by atoms with E-state index in [2.05, 4.69) is 0 Å². The topological polar surface area (TPSA) is 29.5 Å². The molecule has 0 spiro atoms. The third-order valence-corrected chi connectivity index (χ3v) is 4.33. The first-order valence-electron chi connectivity index (χ1n) is 6.22. The van der Waals surface area contributed by atoms with Gasteiger partial charge in [-0.25, -0.2) is 0 Å². The molecule has 0 atom stereocenters. The molecule has 0 heterocycles. The predicted molar refractivity (Wildman–Crippen MR) is 67.3 cm³/mol. The molecule has 2 saturated carbocycles. The van der Waals surface area contributed by atoms with E-state index >= 15 is 0 Å². The molecule has 1 aromatic carbocycles. The van der Waals surface area contributed by atoms with E-state index in [1.807, 2.05) is 18.2 Å². The minimum Gasteiger partial charge on any atom is -0.495 e. The van der Waals surface area contributed by atoms with Crippen molar-refractivity contribution in [2.75, 3.05) is 7.11 Å². The average Bonchev–Trinajstić information content (AvgIpc) is 3.20. The Kier molecular flexibility index (Phi) is 2.60. The Balaban J connectivity index is 2.00. The first-order valence-corrected chi connectivity index (χ1v) is 6.60. The van der Waals surface area contributed by atoms with Crippen LogP contribution in [0.3, 0.4) is 0 Å². The number of halogens is 1. The Hall–Kier alpha value is -0.730. The maximum Gasteiger partial charge on any atom is 0.137 e. The summed E-state index contributed by atoms with van der Waals surface area (Å²) in [6.07, 6.45) is 4.55. The molecule has 2 aliphatic rings. The molecule has 92 valence electrons. The SMILES string of the molecule is COc1cc(C(O)(C2CC2)C2CC2)ccc1Cl. The monoisotopic (exact) mass is 252 g/mol. The van der Waals surface area contributed by atoms with Gasteiger partial charge in [0.2, 0.25) is 0 Å². The van der Waals surface area contributed by atoms with E-state index in [1.54, 1.807) is 7.11 Å². The molecule has 0 aliphatic heterocycles. The van der Waals surface area contributed by atoms with Crippen molar-refractivity contribution >= 4 is 11.6 Å². The van der Waals surface area contributed by atoms with E-state index in [9.17, 15) is 5.11 Å². The van der Waals surface area contributed by atoms with Crippen LogP contribution in [0.15, 0.2) is 18.2 Å². The van der Waals surface area contributed by atoms with Gasteiger partial charge in [-0.15, -0.1) is 0 Å². The molecule has 0 amide bonds. The number of hydrogen-bond acceptors (Lipinski definition) is 2. The highest BCUT2D eigenvalue weighted by Crippen LogP contribution is 2.57. The van der Waals surface area contributed by atoms with Crippen molar-refractivity contribution in [3.8, 4) is 5.75 Å². The molecule has 3 rings (SSSR count). The fraction of sp³-hybridized carbons (Fsp3) is 0.571. The Morgan fingerprint density at radius 3 is 2.29 bits per heavy atom. The number of hydrogen-bond donors (Lipinski definition) is 1. The fourth-order valence-corrected chi connectivity index (χ4v) is 2.96. The number of benzene rings is 1. The van der Waals surface area contributed by atoms with Crippen LogP contribution in [0.25, 0.3) is 0 Å². The summed E-state index contributed by atoms with van der Waals surface area (Å²) in [5, 5.41) is 11.6. The Morgan fingerprint density at radius 1 is 1.24 bits per heavy atom. The van der Waals surface area contributed by atoms with Gasteiger partial charge < -0.3 is 9.84 Å². The van der Waals surface area contributed by atoms with Crippen molar-refractivity contribution in [1.29, 1.82) is 0 Å². The average molecular weight is 253 g/mol. The molecule has 3 heteroatoms. The summed E-state index contributed by atoms with van der Waals surface area (Å²) in [5.74, 6) is 1.52. The van der Waals surface area contributed by atoms with Gasteiger partial charge in [-0.05, 0) is 55.2 Å². The van der Waals surface area contributed by atoms with Crippen molar-refractivity contribution in [3.63, 3.8) is 0 Å². The highest BCUT2D eigenvalue weighted by atomic mass is 35.5. The summed E-state index contributed by atoms with van der Waals surface area (Å²) in [7, 11) is 1.61. The second-order valence-corrected chi connectivity index (χ2v) is 5.63. The lowest BCUT2D eigenvalue weighted by atomic mass is 9.84. The summed E-state index contributed by atoms with van der Waals surface area (Å²) in [4.78, 5) is 0. The smallest absolute Gasteiger partial charge is 0.137 e. The number of rotatable bonds is 4. The van der Waals surface area contributed by atoms with Crippen LogP contribution < -0.4 is 4.74 Å².